The zero-order valence-corrected chi connectivity index (χ0v) is 21.6. The monoisotopic (exact) mass is 475 g/mol. The minimum Gasteiger partial charge on any atom is -0.496 e. The molecule has 182 valence electrons. The van der Waals surface area contributed by atoms with E-state index in [1.54, 1.807) is 14.2 Å². The molecule has 0 aliphatic rings. The van der Waals surface area contributed by atoms with Gasteiger partial charge in [-0.3, -0.25) is 0 Å². The number of methoxy groups -OCH3 is 2. The number of nitrogens with zero attached hydrogens (tertiary/aromatic N) is 1. The summed E-state index contributed by atoms with van der Waals surface area (Å²) < 4.78 is 11.8. The highest BCUT2D eigenvalue weighted by molar-refractivity contribution is 5.81. The third-order valence-electron chi connectivity index (χ3n) is 6.24. The molecule has 0 N–H and O–H groups in total. The van der Waals surface area contributed by atoms with Crippen molar-refractivity contribution in [2.24, 2.45) is 0 Å². The topological polar surface area (TPSA) is 31.4 Å². The molecule has 0 spiro atoms. The van der Waals surface area contributed by atoms with Gasteiger partial charge in [0.15, 0.2) is 0 Å². The molecule has 0 aliphatic heterocycles. The van der Waals surface area contributed by atoms with E-state index in [0.717, 1.165) is 80.2 Å². The van der Waals surface area contributed by atoms with E-state index < -0.39 is 0 Å². The van der Waals surface area contributed by atoms with E-state index in [4.69, 9.17) is 14.5 Å². The van der Waals surface area contributed by atoms with E-state index >= 15 is 0 Å². The molecule has 0 saturated carbocycles. The van der Waals surface area contributed by atoms with Crippen LogP contribution in [0.1, 0.15) is 22.3 Å². The Bertz CT molecular complexity index is 1320. The van der Waals surface area contributed by atoms with Gasteiger partial charge in [-0.25, -0.2) is 4.98 Å². The SMILES string of the molecule is C=CCc1cc(C)cc(-c2cc(-c3ccccc3)cc(-c3cc(C)cc(CC=C)c3OC)n2)c1OC. The van der Waals surface area contributed by atoms with Crippen LogP contribution >= 0.6 is 0 Å². The van der Waals surface area contributed by atoms with Crippen molar-refractivity contribution in [1.29, 1.82) is 0 Å². The number of ether oxygens (including phenoxy) is 2. The number of aromatic nitrogens is 1. The lowest BCUT2D eigenvalue weighted by Crippen LogP contribution is -2.00. The summed E-state index contributed by atoms with van der Waals surface area (Å²) in [7, 11) is 3.43. The fraction of sp³-hybridized carbons (Fsp3) is 0.182. The van der Waals surface area contributed by atoms with Crippen LogP contribution in [0.25, 0.3) is 33.6 Å². The van der Waals surface area contributed by atoms with E-state index in [-0.39, 0.29) is 0 Å². The average Bonchev–Trinajstić information content (AvgIpc) is 2.89. The zero-order chi connectivity index (χ0) is 25.7. The van der Waals surface area contributed by atoms with Crippen molar-refractivity contribution in [1.82, 2.24) is 4.98 Å². The van der Waals surface area contributed by atoms with Crippen LogP contribution in [0.15, 0.2) is 92.0 Å². The molecule has 3 aromatic carbocycles. The van der Waals surface area contributed by atoms with E-state index in [9.17, 15) is 0 Å². The lowest BCUT2D eigenvalue weighted by molar-refractivity contribution is 0.412. The number of rotatable bonds is 9. The van der Waals surface area contributed by atoms with Crippen molar-refractivity contribution in [3.8, 4) is 45.1 Å². The van der Waals surface area contributed by atoms with Crippen molar-refractivity contribution in [3.63, 3.8) is 0 Å². The molecule has 1 aromatic heterocycles. The fourth-order valence-corrected chi connectivity index (χ4v) is 4.78. The van der Waals surface area contributed by atoms with E-state index in [1.807, 2.05) is 18.2 Å². The molecule has 0 fully saturated rings. The molecule has 0 aliphatic carbocycles. The van der Waals surface area contributed by atoms with Crippen LogP contribution in [0.2, 0.25) is 0 Å². The number of aryl methyl sites for hydroxylation is 2. The van der Waals surface area contributed by atoms with Crippen LogP contribution in [0.3, 0.4) is 0 Å². The fourth-order valence-electron chi connectivity index (χ4n) is 4.78. The first-order valence-corrected chi connectivity index (χ1v) is 12.1. The van der Waals surface area contributed by atoms with Gasteiger partial charge in [-0.15, -0.1) is 13.2 Å². The van der Waals surface area contributed by atoms with Crippen molar-refractivity contribution >= 4 is 0 Å². The summed E-state index contributed by atoms with van der Waals surface area (Å²) in [5.74, 6) is 1.65. The van der Waals surface area contributed by atoms with E-state index in [2.05, 4.69) is 87.7 Å². The Hall–Kier alpha value is -4.11. The van der Waals surface area contributed by atoms with Crippen LogP contribution in [-0.2, 0) is 12.8 Å². The number of benzene rings is 3. The molecule has 0 unspecified atom stereocenters. The van der Waals surface area contributed by atoms with Gasteiger partial charge in [-0.05, 0) is 84.3 Å². The Morgan fingerprint density at radius 1 is 0.667 bits per heavy atom. The maximum Gasteiger partial charge on any atom is 0.131 e. The molecule has 0 amide bonds. The maximum absolute atomic E-state index is 5.92. The van der Waals surface area contributed by atoms with Gasteiger partial charge in [0.05, 0.1) is 25.6 Å². The first-order chi connectivity index (χ1) is 17.5. The molecule has 0 bridgehead atoms. The molecular weight excluding hydrogens is 442 g/mol. The van der Waals surface area contributed by atoms with Crippen LogP contribution in [0.4, 0.5) is 0 Å². The first-order valence-electron chi connectivity index (χ1n) is 12.1. The molecule has 3 heteroatoms. The van der Waals surface area contributed by atoms with Crippen LogP contribution in [-0.4, -0.2) is 19.2 Å². The van der Waals surface area contributed by atoms with Crippen LogP contribution in [0, 0.1) is 13.8 Å². The van der Waals surface area contributed by atoms with Crippen molar-refractivity contribution < 1.29 is 9.47 Å². The molecular formula is C33H33NO2. The van der Waals surface area contributed by atoms with Gasteiger partial charge in [0.25, 0.3) is 0 Å². The molecule has 0 saturated heterocycles. The Balaban J connectivity index is 2.04. The first kappa shape index (κ1) is 25.0. The summed E-state index contributed by atoms with van der Waals surface area (Å²) in [6, 6.07) is 23.2. The second-order valence-electron chi connectivity index (χ2n) is 8.99. The van der Waals surface area contributed by atoms with Gasteiger partial charge in [0.1, 0.15) is 11.5 Å². The van der Waals surface area contributed by atoms with Crippen molar-refractivity contribution in [2.75, 3.05) is 14.2 Å². The summed E-state index contributed by atoms with van der Waals surface area (Å²) >= 11 is 0. The van der Waals surface area contributed by atoms with E-state index in [0.29, 0.717) is 0 Å². The normalized spacial score (nSPS) is 10.7. The Labute approximate surface area is 214 Å². The summed E-state index contributed by atoms with van der Waals surface area (Å²) in [6.45, 7) is 12.1. The number of hydrogen-bond acceptors (Lipinski definition) is 3. The third kappa shape index (κ3) is 5.11. The van der Waals surface area contributed by atoms with E-state index in [1.165, 1.54) is 0 Å². The quantitative estimate of drug-likeness (QED) is 0.229. The molecule has 4 aromatic rings. The molecule has 0 atom stereocenters. The highest BCUT2D eigenvalue weighted by Gasteiger charge is 2.18. The third-order valence-corrected chi connectivity index (χ3v) is 6.24. The molecule has 36 heavy (non-hydrogen) atoms. The lowest BCUT2D eigenvalue weighted by atomic mass is 9.95. The number of allylic oxidation sites excluding steroid dienone is 2. The molecule has 3 nitrogen and oxygen atoms in total. The minimum atomic E-state index is 0.722. The predicted octanol–water partition coefficient (Wildman–Crippen LogP) is 8.17. The van der Waals surface area contributed by atoms with Crippen LogP contribution in [0.5, 0.6) is 11.5 Å². The van der Waals surface area contributed by atoms with Crippen molar-refractivity contribution in [2.45, 2.75) is 26.7 Å². The molecule has 4 rings (SSSR count). The van der Waals surface area contributed by atoms with Gasteiger partial charge in [0, 0.05) is 11.1 Å². The maximum atomic E-state index is 5.92. The summed E-state index contributed by atoms with van der Waals surface area (Å²) in [5.41, 5.74) is 10.3. The highest BCUT2D eigenvalue weighted by Crippen LogP contribution is 2.40. The summed E-state index contributed by atoms with van der Waals surface area (Å²) in [6.07, 6.45) is 5.25. The molecule has 0 radical (unpaired) electrons. The largest absolute Gasteiger partial charge is 0.496 e. The highest BCUT2D eigenvalue weighted by atomic mass is 16.5. The minimum absolute atomic E-state index is 0.722. The van der Waals surface area contributed by atoms with Crippen molar-refractivity contribution in [3.05, 3.63) is 114 Å². The average molecular weight is 476 g/mol. The van der Waals surface area contributed by atoms with Gasteiger partial charge >= 0.3 is 0 Å². The predicted molar refractivity (Wildman–Crippen MR) is 151 cm³/mol. The summed E-state index contributed by atoms with van der Waals surface area (Å²) in [4.78, 5) is 5.19. The number of hydrogen-bond donors (Lipinski definition) is 0. The lowest BCUT2D eigenvalue weighted by Gasteiger charge is -2.18. The zero-order valence-electron chi connectivity index (χ0n) is 21.6. The second kappa shape index (κ2) is 11.1. The Morgan fingerprint density at radius 3 is 1.56 bits per heavy atom. The number of pyridine rings is 1. The standard InChI is InChI=1S/C33H33NO2/c1-7-12-25-16-22(3)18-28(32(25)35-5)30-20-27(24-14-10-9-11-15-24)21-31(34-30)29-19-23(4)17-26(13-8-2)33(29)36-6/h7-11,14-21H,1-2,12-13H2,3-6H3. The van der Waals surface area contributed by atoms with Gasteiger partial charge in [-0.2, -0.15) is 0 Å². The van der Waals surface area contributed by atoms with Gasteiger partial charge in [-0.1, -0.05) is 54.6 Å². The Kier molecular flexibility index (Phi) is 7.70. The molecule has 1 heterocycles. The van der Waals surface area contributed by atoms with Gasteiger partial charge in [0.2, 0.25) is 0 Å². The smallest absolute Gasteiger partial charge is 0.131 e. The summed E-state index contributed by atoms with van der Waals surface area (Å²) in [5, 5.41) is 0. The van der Waals surface area contributed by atoms with Gasteiger partial charge < -0.3 is 9.47 Å². The van der Waals surface area contributed by atoms with Crippen LogP contribution < -0.4 is 9.47 Å². The Morgan fingerprint density at radius 2 is 1.14 bits per heavy atom. The second-order valence-corrected chi connectivity index (χ2v) is 8.99.